The van der Waals surface area contributed by atoms with Crippen LogP contribution in [0.4, 0.5) is 10.6 Å². The molecule has 0 bridgehead atoms. The largest absolute Gasteiger partial charge is 0.360 e. The van der Waals surface area contributed by atoms with E-state index < -0.39 is 0 Å². The van der Waals surface area contributed by atoms with Gasteiger partial charge in [-0.25, -0.2) is 4.79 Å². The highest BCUT2D eigenvalue weighted by Crippen LogP contribution is 2.26. The Hall–Kier alpha value is -2.60. The smallest absolute Gasteiger partial charge is 0.321 e. The zero-order chi connectivity index (χ0) is 16.2. The molecular formula is C17H17N3O2S. The van der Waals surface area contributed by atoms with Crippen LogP contribution in [0.3, 0.4) is 0 Å². The van der Waals surface area contributed by atoms with Crippen LogP contribution in [0.25, 0.3) is 0 Å². The van der Waals surface area contributed by atoms with Gasteiger partial charge in [0.05, 0.1) is 6.04 Å². The van der Waals surface area contributed by atoms with Gasteiger partial charge in [0.25, 0.3) is 0 Å². The van der Waals surface area contributed by atoms with Gasteiger partial charge in [-0.2, -0.15) is 0 Å². The number of aryl methyl sites for hydroxylation is 2. The molecule has 2 aromatic heterocycles. The highest BCUT2D eigenvalue weighted by molar-refractivity contribution is 7.10. The predicted octanol–water partition coefficient (Wildman–Crippen LogP) is 4.26. The van der Waals surface area contributed by atoms with E-state index in [0.29, 0.717) is 11.6 Å². The minimum absolute atomic E-state index is 0.205. The van der Waals surface area contributed by atoms with Crippen LogP contribution in [0.5, 0.6) is 0 Å². The number of nitrogens with one attached hydrogen (secondary N) is 2. The number of carbonyl (C=O) groups excluding carboxylic acids is 1. The van der Waals surface area contributed by atoms with Crippen molar-refractivity contribution in [2.24, 2.45) is 0 Å². The first-order valence-electron chi connectivity index (χ1n) is 7.22. The van der Waals surface area contributed by atoms with Crippen molar-refractivity contribution in [1.82, 2.24) is 10.5 Å². The predicted molar refractivity (Wildman–Crippen MR) is 90.7 cm³/mol. The number of thiophene rings is 1. The SMILES string of the molecule is Cc1ccc(C(NC(=O)Nc2cc(C)on2)c2cccs2)cc1. The summed E-state index contributed by atoms with van der Waals surface area (Å²) in [4.78, 5) is 13.3. The molecule has 2 amide bonds. The molecule has 0 spiro atoms. The first kappa shape index (κ1) is 15.3. The van der Waals surface area contributed by atoms with E-state index in [2.05, 4.69) is 15.8 Å². The number of amides is 2. The Morgan fingerprint density at radius 1 is 1.22 bits per heavy atom. The second-order valence-corrected chi connectivity index (χ2v) is 6.26. The number of urea groups is 1. The average Bonchev–Trinajstić information content (AvgIpc) is 3.18. The molecule has 0 saturated carbocycles. The average molecular weight is 327 g/mol. The van der Waals surface area contributed by atoms with E-state index in [0.717, 1.165) is 10.4 Å². The van der Waals surface area contributed by atoms with E-state index >= 15 is 0 Å². The molecule has 1 unspecified atom stereocenters. The maximum Gasteiger partial charge on any atom is 0.321 e. The van der Waals surface area contributed by atoms with Gasteiger partial charge in [-0.3, -0.25) is 5.32 Å². The number of benzene rings is 1. The van der Waals surface area contributed by atoms with Crippen LogP contribution in [-0.2, 0) is 0 Å². The van der Waals surface area contributed by atoms with Gasteiger partial charge in [-0.15, -0.1) is 11.3 Å². The topological polar surface area (TPSA) is 67.2 Å². The summed E-state index contributed by atoms with van der Waals surface area (Å²) in [5, 5.41) is 11.4. The quantitative estimate of drug-likeness (QED) is 0.752. The number of aromatic nitrogens is 1. The van der Waals surface area contributed by atoms with Crippen LogP contribution >= 0.6 is 11.3 Å². The molecule has 118 valence electrons. The van der Waals surface area contributed by atoms with E-state index in [4.69, 9.17) is 4.52 Å². The van der Waals surface area contributed by atoms with E-state index in [-0.39, 0.29) is 12.1 Å². The van der Waals surface area contributed by atoms with Crippen molar-refractivity contribution in [2.75, 3.05) is 5.32 Å². The molecule has 5 nitrogen and oxygen atoms in total. The maximum atomic E-state index is 12.3. The van der Waals surface area contributed by atoms with Crippen LogP contribution in [0.2, 0.25) is 0 Å². The first-order chi connectivity index (χ1) is 11.1. The van der Waals surface area contributed by atoms with E-state index in [9.17, 15) is 4.79 Å². The lowest BCUT2D eigenvalue weighted by molar-refractivity contribution is 0.250. The van der Waals surface area contributed by atoms with E-state index in [1.54, 1.807) is 24.3 Å². The molecule has 3 aromatic rings. The van der Waals surface area contributed by atoms with Gasteiger partial charge in [0.2, 0.25) is 0 Å². The number of nitrogens with zero attached hydrogens (tertiary/aromatic N) is 1. The van der Waals surface area contributed by atoms with Gasteiger partial charge >= 0.3 is 6.03 Å². The summed E-state index contributed by atoms with van der Waals surface area (Å²) in [6.07, 6.45) is 0. The molecule has 0 radical (unpaired) electrons. The van der Waals surface area contributed by atoms with E-state index in [1.807, 2.05) is 48.7 Å². The van der Waals surface area contributed by atoms with Crippen molar-refractivity contribution in [3.8, 4) is 0 Å². The van der Waals surface area contributed by atoms with Gasteiger partial charge in [-0.1, -0.05) is 41.1 Å². The Morgan fingerprint density at radius 2 is 2.00 bits per heavy atom. The Bertz CT molecular complexity index is 779. The molecule has 0 aliphatic rings. The van der Waals surface area contributed by atoms with Crippen LogP contribution in [0.1, 0.15) is 27.8 Å². The summed E-state index contributed by atoms with van der Waals surface area (Å²) in [6.45, 7) is 3.81. The number of hydrogen-bond donors (Lipinski definition) is 2. The standard InChI is InChI=1S/C17H17N3O2S/c1-11-5-7-13(8-6-11)16(14-4-3-9-23-14)19-17(21)18-15-10-12(2)22-20-15/h3-10,16H,1-2H3,(H2,18,19,20,21). The third-order valence-corrected chi connectivity index (χ3v) is 4.32. The summed E-state index contributed by atoms with van der Waals surface area (Å²) in [6, 6.07) is 13.3. The summed E-state index contributed by atoms with van der Waals surface area (Å²) < 4.78 is 4.95. The summed E-state index contributed by atoms with van der Waals surface area (Å²) >= 11 is 1.61. The molecule has 2 heterocycles. The van der Waals surface area contributed by atoms with Gasteiger partial charge < -0.3 is 9.84 Å². The van der Waals surface area contributed by atoms with Crippen LogP contribution in [0.15, 0.2) is 52.4 Å². The number of carbonyl (C=O) groups is 1. The van der Waals surface area contributed by atoms with E-state index in [1.165, 1.54) is 5.56 Å². The lowest BCUT2D eigenvalue weighted by atomic mass is 10.0. The van der Waals surface area contributed by atoms with Crippen molar-refractivity contribution < 1.29 is 9.32 Å². The normalized spacial score (nSPS) is 11.9. The molecule has 3 rings (SSSR count). The highest BCUT2D eigenvalue weighted by atomic mass is 32.1. The third-order valence-electron chi connectivity index (χ3n) is 3.38. The Morgan fingerprint density at radius 3 is 2.61 bits per heavy atom. The van der Waals surface area contributed by atoms with Crippen molar-refractivity contribution in [3.63, 3.8) is 0 Å². The van der Waals surface area contributed by atoms with Crippen molar-refractivity contribution >= 4 is 23.2 Å². The lowest BCUT2D eigenvalue weighted by Crippen LogP contribution is -2.32. The summed E-state index contributed by atoms with van der Waals surface area (Å²) in [7, 11) is 0. The minimum Gasteiger partial charge on any atom is -0.360 e. The molecule has 1 atom stereocenters. The first-order valence-corrected chi connectivity index (χ1v) is 8.10. The molecule has 23 heavy (non-hydrogen) atoms. The Labute approximate surface area is 138 Å². The van der Waals surface area contributed by atoms with Crippen molar-refractivity contribution in [1.29, 1.82) is 0 Å². The fraction of sp³-hybridized carbons (Fsp3) is 0.176. The fourth-order valence-electron chi connectivity index (χ4n) is 2.24. The second kappa shape index (κ2) is 6.66. The van der Waals surface area contributed by atoms with Gasteiger partial charge in [-0.05, 0) is 30.9 Å². The lowest BCUT2D eigenvalue weighted by Gasteiger charge is -2.18. The van der Waals surface area contributed by atoms with Crippen molar-refractivity contribution in [3.05, 3.63) is 69.6 Å². The Balaban J connectivity index is 1.78. The maximum absolute atomic E-state index is 12.3. The van der Waals surface area contributed by atoms with Crippen LogP contribution in [0, 0.1) is 13.8 Å². The van der Waals surface area contributed by atoms with Crippen LogP contribution < -0.4 is 10.6 Å². The molecular weight excluding hydrogens is 310 g/mol. The number of hydrogen-bond acceptors (Lipinski definition) is 4. The number of rotatable bonds is 4. The van der Waals surface area contributed by atoms with Gasteiger partial charge in [0.1, 0.15) is 5.76 Å². The monoisotopic (exact) mass is 327 g/mol. The molecule has 0 saturated heterocycles. The van der Waals surface area contributed by atoms with Crippen molar-refractivity contribution in [2.45, 2.75) is 19.9 Å². The Kier molecular flexibility index (Phi) is 4.43. The van der Waals surface area contributed by atoms with Gasteiger partial charge in [0, 0.05) is 10.9 Å². The third kappa shape index (κ3) is 3.78. The molecule has 6 heteroatoms. The molecule has 0 aliphatic heterocycles. The van der Waals surface area contributed by atoms with Gasteiger partial charge in [0.15, 0.2) is 5.82 Å². The second-order valence-electron chi connectivity index (χ2n) is 5.28. The molecule has 0 fully saturated rings. The summed E-state index contributed by atoms with van der Waals surface area (Å²) in [5.41, 5.74) is 2.21. The molecule has 1 aromatic carbocycles. The molecule has 2 N–H and O–H groups in total. The highest BCUT2D eigenvalue weighted by Gasteiger charge is 2.18. The minimum atomic E-state index is -0.322. The number of anilines is 1. The zero-order valence-corrected chi connectivity index (χ0v) is 13.7. The fourth-order valence-corrected chi connectivity index (χ4v) is 3.04. The summed E-state index contributed by atoms with van der Waals surface area (Å²) in [5.74, 6) is 1.04. The zero-order valence-electron chi connectivity index (χ0n) is 12.9. The van der Waals surface area contributed by atoms with Crippen LogP contribution in [-0.4, -0.2) is 11.2 Å². The molecule has 0 aliphatic carbocycles.